The highest BCUT2D eigenvalue weighted by Crippen LogP contribution is 2.13. The molecule has 0 spiro atoms. The van der Waals surface area contributed by atoms with Gasteiger partial charge in [0.25, 0.3) is 10.0 Å². The van der Waals surface area contributed by atoms with Crippen LogP contribution in [-0.2, 0) is 14.9 Å². The number of sulfonamides is 1. The van der Waals surface area contributed by atoms with Crippen LogP contribution in [-0.4, -0.2) is 20.0 Å². The first-order valence-electron chi connectivity index (χ1n) is 3.80. The van der Waals surface area contributed by atoms with Gasteiger partial charge >= 0.3 is 0 Å². The molecule has 0 atom stereocenters. The van der Waals surface area contributed by atoms with Gasteiger partial charge < -0.3 is 0 Å². The van der Waals surface area contributed by atoms with E-state index in [4.69, 9.17) is 0 Å². The van der Waals surface area contributed by atoms with Crippen LogP contribution in [0.4, 0.5) is 0 Å². The van der Waals surface area contributed by atoms with E-state index in [1.807, 2.05) is 4.89 Å². The zero-order chi connectivity index (χ0) is 10.6. The minimum atomic E-state index is -3.61. The molecule has 0 unspecified atom stereocenters. The van der Waals surface area contributed by atoms with Gasteiger partial charge in [0.1, 0.15) is 4.90 Å². The number of halogens is 1. The van der Waals surface area contributed by atoms with Gasteiger partial charge in [-0.05, 0) is 28.9 Å². The quantitative estimate of drug-likeness (QED) is 0.838. The molecule has 1 rings (SSSR count). The Labute approximate surface area is 90.6 Å². The highest BCUT2D eigenvalue weighted by Gasteiger charge is 2.14. The molecule has 0 aliphatic rings. The molecule has 1 aromatic rings. The molecule has 7 heteroatoms. The number of hydrogen-bond acceptors (Lipinski definition) is 4. The molecule has 14 heavy (non-hydrogen) atoms. The van der Waals surface area contributed by atoms with E-state index in [1.54, 1.807) is 6.92 Å². The van der Waals surface area contributed by atoms with Crippen LogP contribution in [0.2, 0.25) is 0 Å². The van der Waals surface area contributed by atoms with Gasteiger partial charge in [-0.1, -0.05) is 4.89 Å². The Morgan fingerprint density at radius 3 is 2.86 bits per heavy atom. The van der Waals surface area contributed by atoms with Gasteiger partial charge in [-0.25, -0.2) is 8.42 Å². The predicted molar refractivity (Wildman–Crippen MR) is 53.9 cm³/mol. The van der Waals surface area contributed by atoms with Crippen molar-refractivity contribution in [3.05, 3.63) is 22.9 Å². The van der Waals surface area contributed by atoms with Gasteiger partial charge in [0.15, 0.2) is 0 Å². The summed E-state index contributed by atoms with van der Waals surface area (Å²) in [5.74, 6) is 0. The van der Waals surface area contributed by atoms with Gasteiger partial charge in [0.2, 0.25) is 0 Å². The Balaban J connectivity index is 2.93. The van der Waals surface area contributed by atoms with Crippen LogP contribution in [0.5, 0.6) is 0 Å². The Morgan fingerprint density at radius 2 is 2.29 bits per heavy atom. The number of rotatable bonds is 4. The van der Waals surface area contributed by atoms with E-state index >= 15 is 0 Å². The van der Waals surface area contributed by atoms with Crippen LogP contribution in [0.3, 0.4) is 0 Å². The average molecular weight is 281 g/mol. The number of hydrogen-bond donors (Lipinski definition) is 1. The summed E-state index contributed by atoms with van der Waals surface area (Å²) < 4.78 is 23.5. The van der Waals surface area contributed by atoms with Gasteiger partial charge in [0.05, 0.1) is 6.61 Å². The molecule has 78 valence electrons. The highest BCUT2D eigenvalue weighted by atomic mass is 79.9. The molecule has 1 aromatic heterocycles. The number of aromatic nitrogens is 1. The molecule has 0 amide bonds. The summed E-state index contributed by atoms with van der Waals surface area (Å²) in [7, 11) is -3.61. The summed E-state index contributed by atoms with van der Waals surface area (Å²) in [4.78, 5) is 10.4. The lowest BCUT2D eigenvalue weighted by Gasteiger charge is -2.04. The van der Waals surface area contributed by atoms with E-state index in [9.17, 15) is 8.42 Å². The number of pyridine rings is 1. The monoisotopic (exact) mass is 280 g/mol. The lowest BCUT2D eigenvalue weighted by Crippen LogP contribution is -2.24. The molecule has 0 bridgehead atoms. The van der Waals surface area contributed by atoms with E-state index in [0.717, 1.165) is 0 Å². The van der Waals surface area contributed by atoms with Crippen molar-refractivity contribution < 1.29 is 13.3 Å². The standard InChI is InChI=1S/C7H9BrN2O3S/c1-2-13-10-14(11,12)7-3-6(8)4-9-5-7/h3-5,10H,2H2,1H3. The third-order valence-electron chi connectivity index (χ3n) is 1.30. The van der Waals surface area contributed by atoms with Crippen LogP contribution >= 0.6 is 15.9 Å². The second kappa shape index (κ2) is 4.83. The van der Waals surface area contributed by atoms with Crippen LogP contribution in [0.15, 0.2) is 27.8 Å². The normalized spacial score (nSPS) is 11.6. The first kappa shape index (κ1) is 11.6. The van der Waals surface area contributed by atoms with E-state index in [0.29, 0.717) is 4.47 Å². The minimum Gasteiger partial charge on any atom is -0.287 e. The van der Waals surface area contributed by atoms with Crippen molar-refractivity contribution in [1.82, 2.24) is 9.87 Å². The third kappa shape index (κ3) is 3.02. The molecule has 5 nitrogen and oxygen atoms in total. The van der Waals surface area contributed by atoms with Crippen LogP contribution < -0.4 is 4.89 Å². The topological polar surface area (TPSA) is 68.3 Å². The third-order valence-corrected chi connectivity index (χ3v) is 2.92. The van der Waals surface area contributed by atoms with E-state index < -0.39 is 10.0 Å². The maximum absolute atomic E-state index is 11.4. The molecule has 0 saturated heterocycles. The summed E-state index contributed by atoms with van der Waals surface area (Å²) in [6.07, 6.45) is 2.74. The number of nitrogens with zero attached hydrogens (tertiary/aromatic N) is 1. The SMILES string of the molecule is CCONS(=O)(=O)c1cncc(Br)c1. The fourth-order valence-electron chi connectivity index (χ4n) is 0.724. The highest BCUT2D eigenvalue weighted by molar-refractivity contribution is 9.10. The Bertz CT molecular complexity index is 407. The van der Waals surface area contributed by atoms with E-state index in [2.05, 4.69) is 25.8 Å². The molecule has 0 aliphatic heterocycles. The second-order valence-corrected chi connectivity index (χ2v) is 4.92. The summed E-state index contributed by atoms with van der Waals surface area (Å²) in [6.45, 7) is 1.95. The summed E-state index contributed by atoms with van der Waals surface area (Å²) in [5.41, 5.74) is 0. The van der Waals surface area contributed by atoms with Crippen LogP contribution in [0.1, 0.15) is 6.92 Å². The van der Waals surface area contributed by atoms with E-state index in [-0.39, 0.29) is 11.5 Å². The lowest BCUT2D eigenvalue weighted by atomic mass is 10.5. The van der Waals surface area contributed by atoms with Gasteiger partial charge in [-0.2, -0.15) is 0 Å². The zero-order valence-corrected chi connectivity index (χ0v) is 9.80. The molecule has 1 heterocycles. The van der Waals surface area contributed by atoms with Gasteiger partial charge in [-0.3, -0.25) is 9.82 Å². The van der Waals surface area contributed by atoms with Crippen molar-refractivity contribution in [3.8, 4) is 0 Å². The zero-order valence-electron chi connectivity index (χ0n) is 7.40. The Morgan fingerprint density at radius 1 is 1.57 bits per heavy atom. The molecule has 0 saturated carbocycles. The smallest absolute Gasteiger partial charge is 0.264 e. The van der Waals surface area contributed by atoms with Crippen molar-refractivity contribution >= 4 is 26.0 Å². The maximum Gasteiger partial charge on any atom is 0.264 e. The second-order valence-electron chi connectivity index (χ2n) is 2.36. The average Bonchev–Trinajstić information content (AvgIpc) is 2.15. The fraction of sp³-hybridized carbons (Fsp3) is 0.286. The Kier molecular flexibility index (Phi) is 3.99. The van der Waals surface area contributed by atoms with Crippen molar-refractivity contribution in [2.75, 3.05) is 6.61 Å². The van der Waals surface area contributed by atoms with Crippen molar-refractivity contribution in [1.29, 1.82) is 0 Å². The molecule has 1 N–H and O–H groups in total. The van der Waals surface area contributed by atoms with Gasteiger partial charge in [-0.15, -0.1) is 0 Å². The van der Waals surface area contributed by atoms with Crippen LogP contribution in [0.25, 0.3) is 0 Å². The Hall–Kier alpha value is -0.500. The van der Waals surface area contributed by atoms with Crippen molar-refractivity contribution in [3.63, 3.8) is 0 Å². The molecule has 0 aliphatic carbocycles. The van der Waals surface area contributed by atoms with Crippen molar-refractivity contribution in [2.45, 2.75) is 11.8 Å². The first-order chi connectivity index (χ1) is 6.56. The molecule has 0 fully saturated rings. The van der Waals surface area contributed by atoms with Gasteiger partial charge in [0, 0.05) is 16.9 Å². The van der Waals surface area contributed by atoms with Crippen LogP contribution in [0, 0.1) is 0 Å². The summed E-state index contributed by atoms with van der Waals surface area (Å²) in [6, 6.07) is 1.44. The first-order valence-corrected chi connectivity index (χ1v) is 6.08. The molecule has 0 aromatic carbocycles. The van der Waals surface area contributed by atoms with E-state index in [1.165, 1.54) is 18.5 Å². The predicted octanol–water partition coefficient (Wildman–Crippen LogP) is 1.07. The molecular weight excluding hydrogens is 272 g/mol. The maximum atomic E-state index is 11.4. The fourth-order valence-corrected chi connectivity index (χ4v) is 2.09. The summed E-state index contributed by atoms with van der Waals surface area (Å²) in [5, 5.41) is 0. The summed E-state index contributed by atoms with van der Waals surface area (Å²) >= 11 is 3.13. The largest absolute Gasteiger partial charge is 0.287 e. The number of nitrogens with one attached hydrogen (secondary N) is 1. The minimum absolute atomic E-state index is 0.0559. The lowest BCUT2D eigenvalue weighted by molar-refractivity contribution is 0.105. The molecular formula is C7H9BrN2O3S. The van der Waals surface area contributed by atoms with Crippen molar-refractivity contribution in [2.24, 2.45) is 0 Å². The molecule has 0 radical (unpaired) electrons.